The standard InChI is InChI=1S/C15H18N2O5S/c1-2-5-23(19,20)16-9-11-6-10-7-13-14(22-4-3-21-13)8-12(10)17-15(11)18/h6-8,16H,2-5,9H2,1H3,(H,17,18). The lowest BCUT2D eigenvalue weighted by Crippen LogP contribution is -2.28. The van der Waals surface area contributed by atoms with E-state index in [9.17, 15) is 13.2 Å². The molecule has 0 radical (unpaired) electrons. The highest BCUT2D eigenvalue weighted by molar-refractivity contribution is 7.89. The van der Waals surface area contributed by atoms with E-state index in [-0.39, 0.29) is 17.9 Å². The number of hydrogen-bond donors (Lipinski definition) is 2. The van der Waals surface area contributed by atoms with Crippen molar-refractivity contribution in [1.29, 1.82) is 0 Å². The van der Waals surface area contributed by atoms with Crippen molar-refractivity contribution in [2.24, 2.45) is 0 Å². The number of nitrogens with one attached hydrogen (secondary N) is 2. The van der Waals surface area contributed by atoms with Crippen molar-refractivity contribution in [2.75, 3.05) is 19.0 Å². The smallest absolute Gasteiger partial charge is 0.252 e. The molecule has 0 saturated heterocycles. The second-order valence-electron chi connectivity index (χ2n) is 5.35. The number of aromatic nitrogens is 1. The van der Waals surface area contributed by atoms with E-state index in [0.29, 0.717) is 42.2 Å². The first-order valence-electron chi connectivity index (χ1n) is 7.41. The van der Waals surface area contributed by atoms with Gasteiger partial charge in [-0.05, 0) is 18.6 Å². The van der Waals surface area contributed by atoms with Gasteiger partial charge in [-0.2, -0.15) is 0 Å². The molecule has 2 heterocycles. The van der Waals surface area contributed by atoms with Crippen molar-refractivity contribution in [3.05, 3.63) is 34.1 Å². The minimum atomic E-state index is -3.36. The lowest BCUT2D eigenvalue weighted by molar-refractivity contribution is 0.172. The normalized spacial score (nSPS) is 14.1. The highest BCUT2D eigenvalue weighted by Gasteiger charge is 2.15. The lowest BCUT2D eigenvalue weighted by atomic mass is 10.1. The number of aromatic amines is 1. The summed E-state index contributed by atoms with van der Waals surface area (Å²) in [6.07, 6.45) is 0.521. The van der Waals surface area contributed by atoms with E-state index < -0.39 is 10.0 Å². The number of fused-ring (bicyclic) bond motifs is 2. The van der Waals surface area contributed by atoms with Gasteiger partial charge in [0.2, 0.25) is 10.0 Å². The average molecular weight is 338 g/mol. The van der Waals surface area contributed by atoms with E-state index >= 15 is 0 Å². The third-order valence-corrected chi connectivity index (χ3v) is 5.07. The summed E-state index contributed by atoms with van der Waals surface area (Å²) in [6, 6.07) is 5.17. The third-order valence-electron chi connectivity index (χ3n) is 3.54. The summed E-state index contributed by atoms with van der Waals surface area (Å²) in [6.45, 7) is 2.70. The number of ether oxygens (including phenoxy) is 2. The van der Waals surface area contributed by atoms with Crippen LogP contribution in [0.4, 0.5) is 0 Å². The van der Waals surface area contributed by atoms with Gasteiger partial charge >= 0.3 is 0 Å². The van der Waals surface area contributed by atoms with E-state index in [1.165, 1.54) is 0 Å². The number of sulfonamides is 1. The zero-order valence-corrected chi connectivity index (χ0v) is 13.5. The van der Waals surface area contributed by atoms with Crippen molar-refractivity contribution in [3.63, 3.8) is 0 Å². The highest BCUT2D eigenvalue weighted by Crippen LogP contribution is 2.33. The average Bonchev–Trinajstić information content (AvgIpc) is 2.51. The van der Waals surface area contributed by atoms with Crippen LogP contribution in [0.25, 0.3) is 10.9 Å². The molecular weight excluding hydrogens is 320 g/mol. The van der Waals surface area contributed by atoms with Crippen molar-refractivity contribution in [2.45, 2.75) is 19.9 Å². The molecule has 0 fully saturated rings. The van der Waals surface area contributed by atoms with Gasteiger partial charge in [-0.25, -0.2) is 13.1 Å². The topological polar surface area (TPSA) is 97.5 Å². The molecule has 23 heavy (non-hydrogen) atoms. The first kappa shape index (κ1) is 15.8. The molecule has 2 N–H and O–H groups in total. The number of pyridine rings is 1. The van der Waals surface area contributed by atoms with Crippen LogP contribution in [0, 0.1) is 0 Å². The number of H-pyrrole nitrogens is 1. The van der Waals surface area contributed by atoms with Gasteiger partial charge in [-0.15, -0.1) is 0 Å². The maximum absolute atomic E-state index is 12.1. The molecule has 0 spiro atoms. The van der Waals surface area contributed by atoms with E-state index in [1.54, 1.807) is 25.1 Å². The molecule has 0 saturated carbocycles. The molecule has 0 amide bonds. The monoisotopic (exact) mass is 338 g/mol. The van der Waals surface area contributed by atoms with Crippen LogP contribution < -0.4 is 19.8 Å². The first-order valence-corrected chi connectivity index (χ1v) is 9.06. The van der Waals surface area contributed by atoms with E-state index in [0.717, 1.165) is 5.39 Å². The Morgan fingerprint density at radius 3 is 2.57 bits per heavy atom. The first-order chi connectivity index (χ1) is 11.0. The third kappa shape index (κ3) is 3.48. The van der Waals surface area contributed by atoms with Crippen LogP contribution in [-0.4, -0.2) is 32.4 Å². The van der Waals surface area contributed by atoms with Crippen molar-refractivity contribution in [1.82, 2.24) is 9.71 Å². The largest absolute Gasteiger partial charge is 0.486 e. The van der Waals surface area contributed by atoms with Crippen LogP contribution in [0.3, 0.4) is 0 Å². The summed E-state index contributed by atoms with van der Waals surface area (Å²) in [7, 11) is -3.36. The van der Waals surface area contributed by atoms with Crippen LogP contribution in [-0.2, 0) is 16.6 Å². The molecule has 3 rings (SSSR count). The van der Waals surface area contributed by atoms with Gasteiger partial charge in [-0.3, -0.25) is 4.79 Å². The van der Waals surface area contributed by atoms with Crippen molar-refractivity contribution in [3.8, 4) is 11.5 Å². The Morgan fingerprint density at radius 2 is 1.87 bits per heavy atom. The zero-order valence-electron chi connectivity index (χ0n) is 12.7. The minimum Gasteiger partial charge on any atom is -0.486 e. The molecule has 8 heteroatoms. The molecule has 0 unspecified atom stereocenters. The summed E-state index contributed by atoms with van der Waals surface area (Å²) in [5.74, 6) is 1.25. The maximum atomic E-state index is 12.1. The quantitative estimate of drug-likeness (QED) is 0.852. The van der Waals surface area contributed by atoms with Crippen molar-refractivity contribution < 1.29 is 17.9 Å². The summed E-state index contributed by atoms with van der Waals surface area (Å²) in [4.78, 5) is 14.9. The SMILES string of the molecule is CCCS(=O)(=O)NCc1cc2cc3c(cc2[nH]c1=O)OCCO3. The maximum Gasteiger partial charge on any atom is 0.252 e. The van der Waals surface area contributed by atoms with Crippen LogP contribution in [0.15, 0.2) is 23.0 Å². The van der Waals surface area contributed by atoms with Gasteiger partial charge in [0.05, 0.1) is 11.3 Å². The summed E-state index contributed by atoms with van der Waals surface area (Å²) in [5.41, 5.74) is 0.654. The predicted molar refractivity (Wildman–Crippen MR) is 86.5 cm³/mol. The fourth-order valence-electron chi connectivity index (χ4n) is 2.45. The van der Waals surface area contributed by atoms with Crippen LogP contribution in [0.1, 0.15) is 18.9 Å². The molecule has 1 aliphatic rings. The van der Waals surface area contributed by atoms with E-state index in [4.69, 9.17) is 9.47 Å². The number of rotatable bonds is 5. The highest BCUT2D eigenvalue weighted by atomic mass is 32.2. The van der Waals surface area contributed by atoms with Crippen molar-refractivity contribution >= 4 is 20.9 Å². The van der Waals surface area contributed by atoms with Gasteiger partial charge in [-0.1, -0.05) is 6.92 Å². The molecule has 124 valence electrons. The summed E-state index contributed by atoms with van der Waals surface area (Å²) >= 11 is 0. The van der Waals surface area contributed by atoms with E-state index in [2.05, 4.69) is 9.71 Å². The number of hydrogen-bond acceptors (Lipinski definition) is 5. The Morgan fingerprint density at radius 1 is 1.17 bits per heavy atom. The molecule has 1 aromatic carbocycles. The lowest BCUT2D eigenvalue weighted by Gasteiger charge is -2.18. The Bertz CT molecular complexity index is 889. The molecule has 0 bridgehead atoms. The zero-order chi connectivity index (χ0) is 16.4. The minimum absolute atomic E-state index is 0.0389. The summed E-state index contributed by atoms with van der Waals surface area (Å²) in [5, 5.41) is 0.763. The van der Waals surface area contributed by atoms with Gasteiger partial charge in [0.1, 0.15) is 13.2 Å². The second-order valence-corrected chi connectivity index (χ2v) is 7.27. The van der Waals surface area contributed by atoms with E-state index in [1.807, 2.05) is 0 Å². The fourth-order valence-corrected chi connectivity index (χ4v) is 3.51. The van der Waals surface area contributed by atoms with Gasteiger partial charge in [0.15, 0.2) is 11.5 Å². The molecule has 7 nitrogen and oxygen atoms in total. The molecule has 0 aliphatic carbocycles. The Balaban J connectivity index is 1.92. The molecule has 2 aromatic rings. The molecule has 0 atom stereocenters. The Hall–Kier alpha value is -2.06. The Labute approximate surface area is 133 Å². The Kier molecular flexibility index (Phi) is 4.27. The van der Waals surface area contributed by atoms with Gasteiger partial charge in [0, 0.05) is 23.6 Å². The van der Waals surface area contributed by atoms with Crippen LogP contribution in [0.5, 0.6) is 11.5 Å². The number of benzene rings is 1. The molecule has 1 aliphatic heterocycles. The molecule has 1 aromatic heterocycles. The summed E-state index contributed by atoms with van der Waals surface area (Å²) < 4.78 is 36.9. The second kappa shape index (κ2) is 6.21. The van der Waals surface area contributed by atoms with Gasteiger partial charge < -0.3 is 14.5 Å². The van der Waals surface area contributed by atoms with Crippen LogP contribution >= 0.6 is 0 Å². The predicted octanol–water partition coefficient (Wildman–Crippen LogP) is 1.13. The molecular formula is C15H18N2O5S. The fraction of sp³-hybridized carbons (Fsp3) is 0.400. The van der Waals surface area contributed by atoms with Gasteiger partial charge in [0.25, 0.3) is 5.56 Å². The van der Waals surface area contributed by atoms with Crippen LogP contribution in [0.2, 0.25) is 0 Å².